The summed E-state index contributed by atoms with van der Waals surface area (Å²) >= 11 is 0. The van der Waals surface area contributed by atoms with Crippen molar-refractivity contribution in [3.05, 3.63) is 47.7 Å². The third-order valence-electron chi connectivity index (χ3n) is 5.58. The summed E-state index contributed by atoms with van der Waals surface area (Å²) < 4.78 is 5.25. The molecule has 142 valence electrons. The van der Waals surface area contributed by atoms with Crippen LogP contribution in [-0.2, 0) is 11.2 Å². The first-order valence-corrected chi connectivity index (χ1v) is 9.38. The third kappa shape index (κ3) is 3.54. The van der Waals surface area contributed by atoms with E-state index in [0.29, 0.717) is 50.4 Å². The first kappa shape index (κ1) is 17.6. The summed E-state index contributed by atoms with van der Waals surface area (Å²) in [5.41, 5.74) is 2.54. The van der Waals surface area contributed by atoms with Crippen LogP contribution in [0.4, 0.5) is 5.69 Å². The Hall–Kier alpha value is -2.83. The maximum Gasteiger partial charge on any atom is 0.291 e. The molecule has 1 fully saturated rings. The third-order valence-corrected chi connectivity index (χ3v) is 5.58. The maximum atomic E-state index is 12.7. The van der Waals surface area contributed by atoms with Gasteiger partial charge in [0.05, 0.1) is 5.69 Å². The lowest BCUT2D eigenvalue weighted by atomic mass is 9.83. The van der Waals surface area contributed by atoms with Crippen molar-refractivity contribution in [3.8, 4) is 0 Å². The molecule has 2 aromatic rings. The molecule has 1 aromatic heterocycles. The zero-order valence-electron chi connectivity index (χ0n) is 15.5. The highest BCUT2D eigenvalue weighted by Crippen LogP contribution is 2.33. The summed E-state index contributed by atoms with van der Waals surface area (Å²) in [7, 11) is 0. The number of nitrogens with one attached hydrogen (secondary N) is 2. The van der Waals surface area contributed by atoms with Gasteiger partial charge in [-0.05, 0) is 37.8 Å². The SMILES string of the molecule is Cc1ncoc1C(=O)N1CCC2(CC1)CC(=O)NCCc1ccccc1N2. The average molecular weight is 368 g/mol. The van der Waals surface area contributed by atoms with Gasteiger partial charge in [0, 0.05) is 37.3 Å². The molecule has 0 radical (unpaired) electrons. The van der Waals surface area contributed by atoms with Crippen molar-refractivity contribution in [2.24, 2.45) is 0 Å². The van der Waals surface area contributed by atoms with Gasteiger partial charge in [0.2, 0.25) is 11.7 Å². The summed E-state index contributed by atoms with van der Waals surface area (Å²) in [6.07, 6.45) is 3.92. The summed E-state index contributed by atoms with van der Waals surface area (Å²) in [6, 6.07) is 8.20. The molecule has 0 aliphatic carbocycles. The number of carbonyl (C=O) groups excluding carboxylic acids is 2. The highest BCUT2D eigenvalue weighted by atomic mass is 16.3. The van der Waals surface area contributed by atoms with E-state index in [9.17, 15) is 9.59 Å². The van der Waals surface area contributed by atoms with Crippen LogP contribution >= 0.6 is 0 Å². The number of hydrogen-bond donors (Lipinski definition) is 2. The van der Waals surface area contributed by atoms with E-state index in [0.717, 1.165) is 12.1 Å². The van der Waals surface area contributed by atoms with Crippen LogP contribution in [0, 0.1) is 6.92 Å². The molecule has 2 amide bonds. The predicted octanol–water partition coefficient (Wildman–Crippen LogP) is 2.13. The minimum atomic E-state index is -0.349. The number of piperidine rings is 1. The number of aryl methyl sites for hydroxylation is 1. The molecule has 0 saturated carbocycles. The molecule has 2 aliphatic heterocycles. The largest absolute Gasteiger partial charge is 0.438 e. The second kappa shape index (κ2) is 7.06. The van der Waals surface area contributed by atoms with Crippen molar-refractivity contribution in [2.75, 3.05) is 25.0 Å². The molecule has 7 heteroatoms. The lowest BCUT2D eigenvalue weighted by Gasteiger charge is -2.42. The molecule has 7 nitrogen and oxygen atoms in total. The lowest BCUT2D eigenvalue weighted by Crippen LogP contribution is -2.52. The maximum absolute atomic E-state index is 12.7. The van der Waals surface area contributed by atoms with Crippen LogP contribution in [0.15, 0.2) is 35.1 Å². The minimum absolute atomic E-state index is 0.0566. The van der Waals surface area contributed by atoms with Gasteiger partial charge in [-0.2, -0.15) is 0 Å². The Bertz CT molecular complexity index is 852. The number of hydrogen-bond acceptors (Lipinski definition) is 5. The molecule has 1 spiro atoms. The highest BCUT2D eigenvalue weighted by molar-refractivity contribution is 5.92. The summed E-state index contributed by atoms with van der Waals surface area (Å²) in [5, 5.41) is 6.67. The van der Waals surface area contributed by atoms with E-state index < -0.39 is 0 Å². The number of oxazole rings is 1. The van der Waals surface area contributed by atoms with Gasteiger partial charge in [-0.1, -0.05) is 18.2 Å². The topological polar surface area (TPSA) is 87.5 Å². The van der Waals surface area contributed by atoms with Gasteiger partial charge in [0.25, 0.3) is 5.91 Å². The standard InChI is InChI=1S/C20H24N4O3/c1-14-18(27-13-22-14)19(26)24-10-7-20(8-11-24)12-17(25)21-9-6-15-4-2-3-5-16(15)23-20/h2-5,13,23H,6-12H2,1H3,(H,21,25). The van der Waals surface area contributed by atoms with E-state index >= 15 is 0 Å². The molecule has 4 rings (SSSR count). The summed E-state index contributed by atoms with van der Waals surface area (Å²) in [5.74, 6) is 0.227. The van der Waals surface area contributed by atoms with Crippen molar-refractivity contribution in [1.29, 1.82) is 0 Å². The van der Waals surface area contributed by atoms with E-state index in [1.807, 2.05) is 12.1 Å². The Morgan fingerprint density at radius 1 is 1.26 bits per heavy atom. The van der Waals surface area contributed by atoms with Gasteiger partial charge in [-0.3, -0.25) is 9.59 Å². The van der Waals surface area contributed by atoms with Gasteiger partial charge in [0.15, 0.2) is 6.39 Å². The molecular formula is C20H24N4O3. The van der Waals surface area contributed by atoms with E-state index in [2.05, 4.69) is 27.8 Å². The molecule has 2 aliphatic rings. The summed E-state index contributed by atoms with van der Waals surface area (Å²) in [4.78, 5) is 30.9. The number of aromatic nitrogens is 1. The van der Waals surface area contributed by atoms with E-state index in [-0.39, 0.29) is 17.4 Å². The molecule has 2 N–H and O–H groups in total. The van der Waals surface area contributed by atoms with Crippen LogP contribution in [0.5, 0.6) is 0 Å². The highest BCUT2D eigenvalue weighted by Gasteiger charge is 2.39. The Morgan fingerprint density at radius 2 is 2.04 bits per heavy atom. The number of amides is 2. The fourth-order valence-corrected chi connectivity index (χ4v) is 3.99. The molecular weight excluding hydrogens is 344 g/mol. The predicted molar refractivity (Wildman–Crippen MR) is 101 cm³/mol. The number of carbonyl (C=O) groups is 2. The fraction of sp³-hybridized carbons (Fsp3) is 0.450. The second-order valence-corrected chi connectivity index (χ2v) is 7.40. The van der Waals surface area contributed by atoms with E-state index in [4.69, 9.17) is 4.42 Å². The molecule has 0 bridgehead atoms. The number of rotatable bonds is 1. The van der Waals surface area contributed by atoms with Crippen LogP contribution < -0.4 is 10.6 Å². The van der Waals surface area contributed by atoms with E-state index in [1.165, 1.54) is 12.0 Å². The second-order valence-electron chi connectivity index (χ2n) is 7.40. The number of benzene rings is 1. The molecule has 1 aromatic carbocycles. The normalized spacial score (nSPS) is 19.3. The van der Waals surface area contributed by atoms with Crippen molar-refractivity contribution in [3.63, 3.8) is 0 Å². The van der Waals surface area contributed by atoms with Gasteiger partial charge >= 0.3 is 0 Å². The molecule has 3 heterocycles. The van der Waals surface area contributed by atoms with Gasteiger partial charge in [-0.15, -0.1) is 0 Å². The number of para-hydroxylation sites is 1. The van der Waals surface area contributed by atoms with Crippen molar-refractivity contribution in [2.45, 2.75) is 38.1 Å². The Morgan fingerprint density at radius 3 is 2.78 bits per heavy atom. The summed E-state index contributed by atoms with van der Waals surface area (Å²) in [6.45, 7) is 3.55. The molecule has 0 atom stereocenters. The lowest BCUT2D eigenvalue weighted by molar-refractivity contribution is -0.122. The van der Waals surface area contributed by atoms with Crippen molar-refractivity contribution in [1.82, 2.24) is 15.2 Å². The molecule has 1 saturated heterocycles. The van der Waals surface area contributed by atoms with Crippen LogP contribution in [0.2, 0.25) is 0 Å². The zero-order valence-corrected chi connectivity index (χ0v) is 15.5. The zero-order chi connectivity index (χ0) is 18.9. The minimum Gasteiger partial charge on any atom is -0.438 e. The van der Waals surface area contributed by atoms with Crippen molar-refractivity contribution < 1.29 is 14.0 Å². The van der Waals surface area contributed by atoms with Gasteiger partial charge < -0.3 is 20.0 Å². The van der Waals surface area contributed by atoms with Crippen LogP contribution in [0.3, 0.4) is 0 Å². The number of nitrogens with zero attached hydrogens (tertiary/aromatic N) is 2. The van der Waals surface area contributed by atoms with E-state index in [1.54, 1.807) is 11.8 Å². The fourth-order valence-electron chi connectivity index (χ4n) is 3.99. The van der Waals surface area contributed by atoms with Gasteiger partial charge in [0.1, 0.15) is 0 Å². The average Bonchev–Trinajstić information content (AvgIpc) is 3.10. The molecule has 27 heavy (non-hydrogen) atoms. The quantitative estimate of drug-likeness (QED) is 0.805. The Labute approximate surface area is 158 Å². The molecule has 0 unspecified atom stereocenters. The first-order chi connectivity index (χ1) is 13.1. The first-order valence-electron chi connectivity index (χ1n) is 9.38. The van der Waals surface area contributed by atoms with Crippen LogP contribution in [0.25, 0.3) is 0 Å². The van der Waals surface area contributed by atoms with Crippen LogP contribution in [-0.4, -0.2) is 46.9 Å². The smallest absolute Gasteiger partial charge is 0.291 e. The number of fused-ring (bicyclic) bond motifs is 1. The number of likely N-dealkylation sites (tertiary alicyclic amines) is 1. The van der Waals surface area contributed by atoms with Crippen molar-refractivity contribution >= 4 is 17.5 Å². The number of anilines is 1. The Kier molecular flexibility index (Phi) is 4.59. The monoisotopic (exact) mass is 368 g/mol. The van der Waals surface area contributed by atoms with Gasteiger partial charge in [-0.25, -0.2) is 4.98 Å². The van der Waals surface area contributed by atoms with Crippen LogP contribution in [0.1, 0.15) is 41.1 Å². The Balaban J connectivity index is 1.53.